The molecule has 3 nitrogen and oxygen atoms in total. The van der Waals surface area contributed by atoms with Crippen LogP contribution in [-0.4, -0.2) is 5.11 Å². The topological polar surface area (TPSA) is 26.7 Å². The summed E-state index contributed by atoms with van der Waals surface area (Å²) < 4.78 is 0.953. The molecule has 0 aliphatic heterocycles. The maximum Gasteiger partial charge on any atom is 0.142 e. The molecule has 9 aromatic carbocycles. The lowest BCUT2D eigenvalue weighted by Gasteiger charge is -2.36. The lowest BCUT2D eigenvalue weighted by molar-refractivity contribution is 0.128. The Kier molecular flexibility index (Phi) is 9.50. The van der Waals surface area contributed by atoms with E-state index in [9.17, 15) is 5.11 Å². The lowest BCUT2D eigenvalue weighted by atomic mass is 9.74. The van der Waals surface area contributed by atoms with E-state index in [-0.39, 0.29) is 0 Å². The standard InChI is InChI=1S/C55H39BrN2O/c56-54-32-18-16-30-50(54)47-29-15-17-31-51(47)55(59)52-37-43(57(39-19-5-1-6-20-39)40-21-7-2-8-22-40)33-35-48(52)45-27-13-14-28-46(45)49-36-34-44(38-53(49)55)58(41-23-9-3-10-24-41)42-25-11-4-12-26-42/h1-38,59H. The molecule has 282 valence electrons. The Labute approximate surface area is 353 Å². The average Bonchev–Trinajstić information content (AvgIpc) is 3.39. The number of hydrogen-bond acceptors (Lipinski definition) is 3. The van der Waals surface area contributed by atoms with Crippen LogP contribution in [0, 0.1) is 0 Å². The zero-order valence-corrected chi connectivity index (χ0v) is 33.7. The molecule has 1 aliphatic rings. The van der Waals surface area contributed by atoms with Crippen LogP contribution < -0.4 is 9.80 Å². The Balaban J connectivity index is 1.32. The van der Waals surface area contributed by atoms with Crippen LogP contribution >= 0.6 is 15.9 Å². The highest BCUT2D eigenvalue weighted by Gasteiger charge is 2.43. The molecule has 1 aliphatic carbocycles. The third kappa shape index (κ3) is 6.44. The molecule has 0 spiro atoms. The number of para-hydroxylation sites is 4. The predicted octanol–water partition coefficient (Wildman–Crippen LogP) is 15.0. The van der Waals surface area contributed by atoms with Gasteiger partial charge >= 0.3 is 0 Å². The number of aliphatic hydroxyl groups is 1. The molecule has 1 N–H and O–H groups in total. The maximum absolute atomic E-state index is 14.6. The second-order valence-electron chi connectivity index (χ2n) is 14.8. The molecular formula is C55H39BrN2O. The molecule has 0 unspecified atom stereocenters. The van der Waals surface area contributed by atoms with Crippen molar-refractivity contribution in [3.63, 3.8) is 0 Å². The fourth-order valence-corrected chi connectivity index (χ4v) is 9.21. The number of halogens is 1. The van der Waals surface area contributed by atoms with Crippen LogP contribution in [-0.2, 0) is 5.60 Å². The van der Waals surface area contributed by atoms with Gasteiger partial charge in [0.1, 0.15) is 5.60 Å². The van der Waals surface area contributed by atoms with E-state index < -0.39 is 5.60 Å². The van der Waals surface area contributed by atoms with Crippen LogP contribution in [0.2, 0.25) is 0 Å². The van der Waals surface area contributed by atoms with Crippen LogP contribution in [0.25, 0.3) is 33.4 Å². The summed E-state index contributed by atoms with van der Waals surface area (Å²) in [5, 5.41) is 14.6. The number of benzene rings is 9. The summed E-state index contributed by atoms with van der Waals surface area (Å²) in [4.78, 5) is 4.53. The smallest absolute Gasteiger partial charge is 0.142 e. The Bertz CT molecular complexity index is 2680. The van der Waals surface area contributed by atoms with Crippen molar-refractivity contribution in [1.29, 1.82) is 0 Å². The molecule has 9 aromatic rings. The molecule has 59 heavy (non-hydrogen) atoms. The highest BCUT2D eigenvalue weighted by Crippen LogP contribution is 2.55. The van der Waals surface area contributed by atoms with Gasteiger partial charge in [-0.05, 0) is 112 Å². The second-order valence-corrected chi connectivity index (χ2v) is 15.6. The first kappa shape index (κ1) is 36.4. The number of hydrogen-bond donors (Lipinski definition) is 1. The number of anilines is 6. The van der Waals surface area contributed by atoms with E-state index in [0.717, 1.165) is 88.7 Å². The van der Waals surface area contributed by atoms with E-state index in [1.807, 2.05) is 36.4 Å². The minimum atomic E-state index is -1.65. The average molecular weight is 824 g/mol. The zero-order chi connectivity index (χ0) is 39.8. The number of fused-ring (bicyclic) bond motifs is 5. The molecule has 4 heteroatoms. The Morgan fingerprint density at radius 2 is 0.610 bits per heavy atom. The second kappa shape index (κ2) is 15.4. The van der Waals surface area contributed by atoms with Gasteiger partial charge in [-0.1, -0.05) is 168 Å². The molecule has 0 aromatic heterocycles. The molecule has 0 radical (unpaired) electrons. The zero-order valence-electron chi connectivity index (χ0n) is 32.2. The molecule has 0 heterocycles. The molecule has 10 rings (SSSR count). The first-order chi connectivity index (χ1) is 29.1. The molecule has 0 fully saturated rings. The Morgan fingerprint density at radius 1 is 0.288 bits per heavy atom. The van der Waals surface area contributed by atoms with Crippen molar-refractivity contribution in [3.05, 3.63) is 252 Å². The van der Waals surface area contributed by atoms with E-state index >= 15 is 0 Å². The SMILES string of the molecule is OC1(c2ccccc2-c2ccccc2Br)c2cc(N(c3ccccc3)c3ccccc3)ccc2-c2ccccc2-c2ccc(N(c3ccccc3)c3ccccc3)cc21. The van der Waals surface area contributed by atoms with Gasteiger partial charge in [0.2, 0.25) is 0 Å². The van der Waals surface area contributed by atoms with E-state index in [4.69, 9.17) is 0 Å². The molecular weight excluding hydrogens is 785 g/mol. The normalized spacial score (nSPS) is 12.4. The van der Waals surface area contributed by atoms with Crippen LogP contribution in [0.5, 0.6) is 0 Å². The highest BCUT2D eigenvalue weighted by molar-refractivity contribution is 9.10. The van der Waals surface area contributed by atoms with Crippen LogP contribution in [0.3, 0.4) is 0 Å². The van der Waals surface area contributed by atoms with Crippen molar-refractivity contribution in [2.45, 2.75) is 5.60 Å². The quantitative estimate of drug-likeness (QED) is 0.165. The van der Waals surface area contributed by atoms with Crippen molar-refractivity contribution in [2.75, 3.05) is 9.80 Å². The van der Waals surface area contributed by atoms with Crippen molar-refractivity contribution in [3.8, 4) is 33.4 Å². The Hall–Kier alpha value is -6.98. The molecule has 0 bridgehead atoms. The minimum absolute atomic E-state index is 0.786. The summed E-state index contributed by atoms with van der Waals surface area (Å²) in [6.07, 6.45) is 0. The first-order valence-electron chi connectivity index (χ1n) is 19.9. The van der Waals surface area contributed by atoms with Crippen LogP contribution in [0.4, 0.5) is 34.1 Å². The van der Waals surface area contributed by atoms with Gasteiger partial charge in [0.05, 0.1) is 0 Å². The van der Waals surface area contributed by atoms with Crippen molar-refractivity contribution < 1.29 is 5.11 Å². The summed E-state index contributed by atoms with van der Waals surface area (Å²) in [6.45, 7) is 0. The third-order valence-corrected chi connectivity index (χ3v) is 12.0. The summed E-state index contributed by atoms with van der Waals surface area (Å²) in [5.74, 6) is 0. The summed E-state index contributed by atoms with van der Waals surface area (Å²) in [7, 11) is 0. The minimum Gasteiger partial charge on any atom is -0.376 e. The van der Waals surface area contributed by atoms with Crippen LogP contribution in [0.1, 0.15) is 16.7 Å². The number of rotatable bonds is 8. The summed E-state index contributed by atoms with van der Waals surface area (Å²) >= 11 is 3.88. The van der Waals surface area contributed by atoms with E-state index in [2.05, 4.69) is 220 Å². The maximum atomic E-state index is 14.6. The highest BCUT2D eigenvalue weighted by atomic mass is 79.9. The lowest BCUT2D eigenvalue weighted by Crippen LogP contribution is -2.31. The van der Waals surface area contributed by atoms with Gasteiger partial charge in [-0.25, -0.2) is 0 Å². The van der Waals surface area contributed by atoms with Crippen molar-refractivity contribution >= 4 is 50.1 Å². The van der Waals surface area contributed by atoms with Gasteiger partial charge in [-0.2, -0.15) is 0 Å². The molecule has 0 amide bonds. The monoisotopic (exact) mass is 822 g/mol. The van der Waals surface area contributed by atoms with Gasteiger partial charge in [0, 0.05) is 55.3 Å². The molecule has 0 saturated heterocycles. The summed E-state index contributed by atoms with van der Waals surface area (Å²) in [5.41, 5.74) is 12.7. The van der Waals surface area contributed by atoms with E-state index in [1.165, 1.54) is 0 Å². The summed E-state index contributed by atoms with van der Waals surface area (Å²) in [6, 6.07) is 80.1. The largest absolute Gasteiger partial charge is 0.376 e. The fraction of sp³-hybridized carbons (Fsp3) is 0.0182. The van der Waals surface area contributed by atoms with E-state index in [1.54, 1.807) is 0 Å². The van der Waals surface area contributed by atoms with Gasteiger partial charge in [0.25, 0.3) is 0 Å². The van der Waals surface area contributed by atoms with Gasteiger partial charge in [0.15, 0.2) is 0 Å². The van der Waals surface area contributed by atoms with Crippen LogP contribution in [0.15, 0.2) is 235 Å². The third-order valence-electron chi connectivity index (χ3n) is 11.3. The van der Waals surface area contributed by atoms with Gasteiger partial charge < -0.3 is 14.9 Å². The fourth-order valence-electron chi connectivity index (χ4n) is 8.71. The van der Waals surface area contributed by atoms with Crippen molar-refractivity contribution in [2.24, 2.45) is 0 Å². The predicted molar refractivity (Wildman–Crippen MR) is 248 cm³/mol. The van der Waals surface area contributed by atoms with E-state index in [0.29, 0.717) is 0 Å². The van der Waals surface area contributed by atoms with Gasteiger partial charge in [-0.3, -0.25) is 0 Å². The Morgan fingerprint density at radius 3 is 1.02 bits per heavy atom. The first-order valence-corrected chi connectivity index (χ1v) is 20.6. The molecule has 0 atom stereocenters. The number of nitrogens with zero attached hydrogens (tertiary/aromatic N) is 2. The van der Waals surface area contributed by atoms with Crippen molar-refractivity contribution in [1.82, 2.24) is 0 Å². The van der Waals surface area contributed by atoms with Gasteiger partial charge in [-0.15, -0.1) is 0 Å². The molecule has 0 saturated carbocycles.